The number of Topliss-reactive ketones (excluding diaryl/α,β-unsaturated/α-hetero) is 1. The number of carbonyl (C=O) groups excluding carboxylic acids is 1. The molecule has 1 unspecified atom stereocenters. The summed E-state index contributed by atoms with van der Waals surface area (Å²) in [5.74, 6) is 0.449. The van der Waals surface area contributed by atoms with Gasteiger partial charge >= 0.3 is 0 Å². The summed E-state index contributed by atoms with van der Waals surface area (Å²) < 4.78 is 5.03. The average Bonchev–Trinajstić information content (AvgIpc) is 2.84. The van der Waals surface area contributed by atoms with Crippen LogP contribution in [-0.2, 0) is 0 Å². The van der Waals surface area contributed by atoms with Crippen molar-refractivity contribution in [3.63, 3.8) is 0 Å². The molecule has 1 aliphatic heterocycles. The Balaban J connectivity index is 1.66. The van der Waals surface area contributed by atoms with Gasteiger partial charge in [-0.3, -0.25) is 4.79 Å². The molecule has 0 aliphatic carbocycles. The van der Waals surface area contributed by atoms with Gasteiger partial charge in [0, 0.05) is 12.6 Å². The number of piperidine rings is 1. The lowest BCUT2D eigenvalue weighted by Gasteiger charge is -2.23. The molecule has 0 spiro atoms. The van der Waals surface area contributed by atoms with E-state index in [9.17, 15) is 4.79 Å². The highest BCUT2D eigenvalue weighted by atomic mass is 16.3. The van der Waals surface area contributed by atoms with Crippen molar-refractivity contribution in [3.05, 3.63) is 24.2 Å². The normalized spacial score (nSPS) is 20.9. The molecule has 0 bridgehead atoms. The molecule has 1 aromatic heterocycles. The van der Waals surface area contributed by atoms with E-state index in [-0.39, 0.29) is 5.78 Å². The van der Waals surface area contributed by atoms with Crippen LogP contribution in [-0.4, -0.2) is 31.5 Å². The summed E-state index contributed by atoms with van der Waals surface area (Å²) in [6.07, 6.45) is 5.27. The van der Waals surface area contributed by atoms with Crippen LogP contribution in [0.5, 0.6) is 0 Å². The molecule has 2 heterocycles. The Hall–Kier alpha value is -1.13. The van der Waals surface area contributed by atoms with Crippen LogP contribution < -0.4 is 10.6 Å². The first-order valence-corrected chi connectivity index (χ1v) is 5.87. The Morgan fingerprint density at radius 3 is 3.19 bits per heavy atom. The van der Waals surface area contributed by atoms with Gasteiger partial charge in [0.25, 0.3) is 0 Å². The molecule has 88 valence electrons. The molecular weight excluding hydrogens is 204 g/mol. The molecule has 16 heavy (non-hydrogen) atoms. The molecule has 4 heteroatoms. The highest BCUT2D eigenvalue weighted by molar-refractivity contribution is 5.94. The highest BCUT2D eigenvalue weighted by Gasteiger charge is 2.13. The van der Waals surface area contributed by atoms with Gasteiger partial charge in [0.15, 0.2) is 5.76 Å². The van der Waals surface area contributed by atoms with Gasteiger partial charge in [-0.1, -0.05) is 6.42 Å². The van der Waals surface area contributed by atoms with E-state index in [0.717, 1.165) is 13.1 Å². The van der Waals surface area contributed by atoms with Gasteiger partial charge in [0.05, 0.1) is 12.8 Å². The average molecular weight is 222 g/mol. The summed E-state index contributed by atoms with van der Waals surface area (Å²) in [5.41, 5.74) is 0. The van der Waals surface area contributed by atoms with E-state index >= 15 is 0 Å². The predicted molar refractivity (Wildman–Crippen MR) is 61.5 cm³/mol. The van der Waals surface area contributed by atoms with Crippen molar-refractivity contribution in [2.45, 2.75) is 25.3 Å². The zero-order valence-electron chi connectivity index (χ0n) is 9.37. The Bertz CT molecular complexity index is 316. The van der Waals surface area contributed by atoms with E-state index < -0.39 is 0 Å². The van der Waals surface area contributed by atoms with Crippen molar-refractivity contribution >= 4 is 5.78 Å². The molecule has 0 amide bonds. The molecule has 0 aromatic carbocycles. The summed E-state index contributed by atoms with van der Waals surface area (Å²) in [4.78, 5) is 11.6. The summed E-state index contributed by atoms with van der Waals surface area (Å²) in [6.45, 7) is 2.30. The van der Waals surface area contributed by atoms with Gasteiger partial charge in [-0.15, -0.1) is 0 Å². The van der Waals surface area contributed by atoms with Crippen molar-refractivity contribution in [3.8, 4) is 0 Å². The Morgan fingerprint density at radius 2 is 2.50 bits per heavy atom. The lowest BCUT2D eigenvalue weighted by atomic mass is 10.1. The van der Waals surface area contributed by atoms with Crippen LogP contribution in [0.2, 0.25) is 0 Å². The van der Waals surface area contributed by atoms with Gasteiger partial charge in [0.2, 0.25) is 5.78 Å². The maximum Gasteiger partial charge on any atom is 0.211 e. The van der Waals surface area contributed by atoms with Crippen molar-refractivity contribution in [2.24, 2.45) is 0 Å². The third-order valence-corrected chi connectivity index (χ3v) is 2.88. The first-order chi connectivity index (χ1) is 7.86. The number of hydrogen-bond acceptors (Lipinski definition) is 4. The lowest BCUT2D eigenvalue weighted by Crippen LogP contribution is -2.42. The number of rotatable bonds is 5. The van der Waals surface area contributed by atoms with Crippen molar-refractivity contribution in [1.29, 1.82) is 0 Å². The fourth-order valence-corrected chi connectivity index (χ4v) is 1.98. The molecule has 0 saturated carbocycles. The SMILES string of the molecule is O=C(CNCC1CCCCN1)c1ccco1. The largest absolute Gasteiger partial charge is 0.461 e. The number of hydrogen-bond donors (Lipinski definition) is 2. The first-order valence-electron chi connectivity index (χ1n) is 5.87. The van der Waals surface area contributed by atoms with Crippen molar-refractivity contribution in [2.75, 3.05) is 19.6 Å². The Labute approximate surface area is 95.4 Å². The summed E-state index contributed by atoms with van der Waals surface area (Å²) in [5, 5.41) is 6.60. The minimum atomic E-state index is 0.0146. The Morgan fingerprint density at radius 1 is 1.56 bits per heavy atom. The van der Waals surface area contributed by atoms with Crippen LogP contribution in [0.15, 0.2) is 22.8 Å². The third kappa shape index (κ3) is 3.18. The van der Waals surface area contributed by atoms with Crippen LogP contribution in [0.4, 0.5) is 0 Å². The van der Waals surface area contributed by atoms with Crippen LogP contribution >= 0.6 is 0 Å². The van der Waals surface area contributed by atoms with E-state index in [1.165, 1.54) is 25.5 Å². The molecule has 2 N–H and O–H groups in total. The van der Waals surface area contributed by atoms with Gasteiger partial charge in [0.1, 0.15) is 0 Å². The quantitative estimate of drug-likeness (QED) is 0.735. The summed E-state index contributed by atoms with van der Waals surface area (Å²) in [7, 11) is 0. The fourth-order valence-electron chi connectivity index (χ4n) is 1.98. The standard InChI is InChI=1S/C12H18N2O2/c15-11(12-5-3-7-16-12)9-13-8-10-4-1-2-6-14-10/h3,5,7,10,13-14H,1-2,4,6,8-9H2. The Kier molecular flexibility index (Phi) is 4.13. The second-order valence-electron chi connectivity index (χ2n) is 4.18. The maximum atomic E-state index is 11.6. The molecular formula is C12H18N2O2. The minimum absolute atomic E-state index is 0.0146. The molecule has 1 aliphatic rings. The second-order valence-corrected chi connectivity index (χ2v) is 4.18. The lowest BCUT2D eigenvalue weighted by molar-refractivity contribution is 0.0963. The zero-order chi connectivity index (χ0) is 11.2. The second kappa shape index (κ2) is 5.82. The number of ketones is 1. The monoisotopic (exact) mass is 222 g/mol. The summed E-state index contributed by atoms with van der Waals surface area (Å²) in [6, 6.07) is 3.94. The van der Waals surface area contributed by atoms with E-state index in [1.54, 1.807) is 12.1 Å². The smallest absolute Gasteiger partial charge is 0.211 e. The summed E-state index contributed by atoms with van der Waals surface area (Å²) >= 11 is 0. The van der Waals surface area contributed by atoms with Gasteiger partial charge in [-0.25, -0.2) is 0 Å². The molecule has 1 aromatic rings. The number of nitrogens with one attached hydrogen (secondary N) is 2. The van der Waals surface area contributed by atoms with Crippen LogP contribution in [0.1, 0.15) is 29.8 Å². The molecule has 1 saturated heterocycles. The molecule has 0 radical (unpaired) electrons. The van der Waals surface area contributed by atoms with Crippen LogP contribution in [0.3, 0.4) is 0 Å². The van der Waals surface area contributed by atoms with E-state index in [4.69, 9.17) is 4.42 Å². The molecule has 4 nitrogen and oxygen atoms in total. The maximum absolute atomic E-state index is 11.6. The van der Waals surface area contributed by atoms with Gasteiger partial charge < -0.3 is 15.1 Å². The van der Waals surface area contributed by atoms with E-state index in [0.29, 0.717) is 18.3 Å². The molecule has 2 rings (SSSR count). The van der Waals surface area contributed by atoms with Crippen molar-refractivity contribution in [1.82, 2.24) is 10.6 Å². The number of furan rings is 1. The van der Waals surface area contributed by atoms with Gasteiger partial charge in [-0.05, 0) is 31.5 Å². The predicted octanol–water partition coefficient (Wildman–Crippen LogP) is 1.19. The third-order valence-electron chi connectivity index (χ3n) is 2.88. The topological polar surface area (TPSA) is 54.3 Å². The van der Waals surface area contributed by atoms with Crippen LogP contribution in [0, 0.1) is 0 Å². The zero-order valence-corrected chi connectivity index (χ0v) is 9.37. The van der Waals surface area contributed by atoms with Crippen molar-refractivity contribution < 1.29 is 9.21 Å². The molecule has 1 fully saturated rings. The van der Waals surface area contributed by atoms with E-state index in [1.807, 2.05) is 0 Å². The van der Waals surface area contributed by atoms with Gasteiger partial charge in [-0.2, -0.15) is 0 Å². The minimum Gasteiger partial charge on any atom is -0.461 e. The fraction of sp³-hybridized carbons (Fsp3) is 0.583. The number of carbonyl (C=O) groups is 1. The first kappa shape index (κ1) is 11.4. The molecule has 1 atom stereocenters. The van der Waals surface area contributed by atoms with E-state index in [2.05, 4.69) is 10.6 Å². The highest BCUT2D eigenvalue weighted by Crippen LogP contribution is 2.05. The van der Waals surface area contributed by atoms with Crippen LogP contribution in [0.25, 0.3) is 0 Å².